The highest BCUT2D eigenvalue weighted by molar-refractivity contribution is 7.89. The lowest BCUT2D eigenvalue weighted by molar-refractivity contribution is 0.378. The molecule has 1 unspecified atom stereocenters. The molecule has 6 heteroatoms. The first-order chi connectivity index (χ1) is 11.5. The first kappa shape index (κ1) is 16.9. The second-order valence-corrected chi connectivity index (χ2v) is 8.30. The summed E-state index contributed by atoms with van der Waals surface area (Å²) in [6.07, 6.45) is 4.45. The van der Waals surface area contributed by atoms with Crippen molar-refractivity contribution >= 4 is 10.0 Å². The van der Waals surface area contributed by atoms with Crippen LogP contribution >= 0.6 is 0 Å². The molecule has 1 aromatic carbocycles. The van der Waals surface area contributed by atoms with Crippen molar-refractivity contribution in [2.45, 2.75) is 31.8 Å². The molecule has 128 valence electrons. The van der Waals surface area contributed by atoms with Crippen LogP contribution in [0.4, 0.5) is 0 Å². The Morgan fingerprint density at radius 1 is 1.21 bits per heavy atom. The molecule has 3 rings (SSSR count). The minimum Gasteiger partial charge on any atom is -0.253 e. The van der Waals surface area contributed by atoms with Crippen molar-refractivity contribution in [2.75, 3.05) is 13.1 Å². The van der Waals surface area contributed by atoms with E-state index in [0.717, 1.165) is 12.0 Å². The van der Waals surface area contributed by atoms with E-state index in [2.05, 4.69) is 11.2 Å². The summed E-state index contributed by atoms with van der Waals surface area (Å²) in [5.74, 6) is 0.231. The van der Waals surface area contributed by atoms with Gasteiger partial charge in [-0.2, -0.15) is 9.40 Å². The van der Waals surface area contributed by atoms with Crippen molar-refractivity contribution in [1.82, 2.24) is 14.1 Å². The van der Waals surface area contributed by atoms with Crippen molar-refractivity contribution in [1.29, 1.82) is 0 Å². The third kappa shape index (κ3) is 3.60. The van der Waals surface area contributed by atoms with Gasteiger partial charge in [-0.3, -0.25) is 4.68 Å². The Hall–Kier alpha value is -1.92. The number of rotatable bonds is 5. The largest absolute Gasteiger partial charge is 0.260 e. The van der Waals surface area contributed by atoms with Crippen LogP contribution in [0.1, 0.15) is 19.4 Å². The average Bonchev–Trinajstić information content (AvgIpc) is 3.02. The van der Waals surface area contributed by atoms with Gasteiger partial charge in [0, 0.05) is 19.6 Å². The fourth-order valence-electron chi connectivity index (χ4n) is 3.16. The maximum Gasteiger partial charge on any atom is 0.260 e. The number of sulfonamides is 1. The van der Waals surface area contributed by atoms with E-state index in [1.165, 1.54) is 5.56 Å². The minimum absolute atomic E-state index is 0.231. The standard InChI is InChI=1S/C18H23N3O2S/c1-15-12-16(2)14-20(13-15)24(22,23)18-8-10-19-21(18)11-9-17-6-4-3-5-7-17/h3-8,10,12,15H,9,11,13-14H2,1-2H3. The average molecular weight is 345 g/mol. The van der Waals surface area contributed by atoms with Gasteiger partial charge in [0.1, 0.15) is 0 Å². The minimum atomic E-state index is -3.53. The molecule has 0 spiro atoms. The predicted octanol–water partition coefficient (Wildman–Crippen LogP) is 2.71. The maximum atomic E-state index is 13.0. The number of nitrogens with zero attached hydrogens (tertiary/aromatic N) is 3. The van der Waals surface area contributed by atoms with Crippen LogP contribution in [0.2, 0.25) is 0 Å². The van der Waals surface area contributed by atoms with Crippen LogP contribution < -0.4 is 0 Å². The summed E-state index contributed by atoms with van der Waals surface area (Å²) >= 11 is 0. The summed E-state index contributed by atoms with van der Waals surface area (Å²) in [4.78, 5) is 0. The molecule has 5 nitrogen and oxygen atoms in total. The van der Waals surface area contributed by atoms with E-state index >= 15 is 0 Å². The Bertz CT molecular complexity index is 825. The lowest BCUT2D eigenvalue weighted by atomic mass is 10.1. The molecule has 0 saturated heterocycles. The molecule has 0 radical (unpaired) electrons. The Morgan fingerprint density at radius 2 is 1.96 bits per heavy atom. The quantitative estimate of drug-likeness (QED) is 0.783. The predicted molar refractivity (Wildman–Crippen MR) is 94.1 cm³/mol. The van der Waals surface area contributed by atoms with Gasteiger partial charge in [0.25, 0.3) is 10.0 Å². The van der Waals surface area contributed by atoms with Gasteiger partial charge in [-0.1, -0.05) is 48.9 Å². The van der Waals surface area contributed by atoms with Gasteiger partial charge in [-0.25, -0.2) is 8.42 Å². The summed E-state index contributed by atoms with van der Waals surface area (Å²) in [6, 6.07) is 11.6. The normalized spacial score (nSPS) is 19.2. The van der Waals surface area contributed by atoms with Gasteiger partial charge in [-0.15, -0.1) is 0 Å². The fraction of sp³-hybridized carbons (Fsp3) is 0.389. The molecule has 1 aliphatic rings. The Kier molecular flexibility index (Phi) is 4.87. The van der Waals surface area contributed by atoms with E-state index in [1.54, 1.807) is 21.3 Å². The third-order valence-electron chi connectivity index (χ3n) is 4.22. The number of hydrogen-bond donors (Lipinski definition) is 0. The van der Waals surface area contributed by atoms with Crippen molar-refractivity contribution in [3.8, 4) is 0 Å². The first-order valence-corrected chi connectivity index (χ1v) is 9.64. The van der Waals surface area contributed by atoms with Crippen molar-refractivity contribution < 1.29 is 8.42 Å². The first-order valence-electron chi connectivity index (χ1n) is 8.20. The molecule has 0 aliphatic carbocycles. The van der Waals surface area contributed by atoms with Gasteiger partial charge in [-0.05, 0) is 30.9 Å². The molecule has 0 fully saturated rings. The molecule has 0 bridgehead atoms. The molecule has 0 N–H and O–H groups in total. The monoisotopic (exact) mass is 345 g/mol. The molecular weight excluding hydrogens is 322 g/mol. The number of aryl methyl sites for hydroxylation is 2. The van der Waals surface area contributed by atoms with E-state index in [0.29, 0.717) is 19.6 Å². The van der Waals surface area contributed by atoms with Gasteiger partial charge in [0.2, 0.25) is 0 Å². The topological polar surface area (TPSA) is 55.2 Å². The summed E-state index contributed by atoms with van der Waals surface area (Å²) in [5.41, 5.74) is 2.26. The SMILES string of the molecule is CC1=CC(C)CN(S(=O)(=O)c2ccnn2CCc2ccccc2)C1. The third-order valence-corrected chi connectivity index (χ3v) is 6.06. The van der Waals surface area contributed by atoms with Gasteiger partial charge >= 0.3 is 0 Å². The molecule has 2 heterocycles. The highest BCUT2D eigenvalue weighted by atomic mass is 32.2. The molecule has 1 aromatic heterocycles. The number of benzene rings is 1. The van der Waals surface area contributed by atoms with Gasteiger partial charge in [0.15, 0.2) is 5.03 Å². The Labute approximate surface area is 143 Å². The van der Waals surface area contributed by atoms with Gasteiger partial charge in [0.05, 0.1) is 6.20 Å². The van der Waals surface area contributed by atoms with Crippen LogP contribution in [-0.2, 0) is 23.0 Å². The van der Waals surface area contributed by atoms with E-state index in [1.807, 2.05) is 44.2 Å². The number of hydrogen-bond acceptors (Lipinski definition) is 3. The van der Waals surface area contributed by atoms with Crippen LogP contribution in [0.25, 0.3) is 0 Å². The maximum absolute atomic E-state index is 13.0. The highest BCUT2D eigenvalue weighted by Crippen LogP contribution is 2.23. The van der Waals surface area contributed by atoms with Crippen LogP contribution in [0.3, 0.4) is 0 Å². The molecule has 1 aliphatic heterocycles. The summed E-state index contributed by atoms with van der Waals surface area (Å²) in [6.45, 7) is 5.53. The molecule has 2 aromatic rings. The molecule has 0 amide bonds. The molecule has 24 heavy (non-hydrogen) atoms. The van der Waals surface area contributed by atoms with Gasteiger partial charge < -0.3 is 0 Å². The molecular formula is C18H23N3O2S. The van der Waals surface area contributed by atoms with E-state index in [4.69, 9.17) is 0 Å². The summed E-state index contributed by atoms with van der Waals surface area (Å²) < 4.78 is 29.2. The fourth-order valence-corrected chi connectivity index (χ4v) is 4.86. The van der Waals surface area contributed by atoms with Crippen LogP contribution in [0.5, 0.6) is 0 Å². The summed E-state index contributed by atoms with van der Waals surface area (Å²) in [5, 5.41) is 4.50. The lowest BCUT2D eigenvalue weighted by Gasteiger charge is -2.29. The Balaban J connectivity index is 1.80. The Morgan fingerprint density at radius 3 is 2.67 bits per heavy atom. The molecule has 1 atom stereocenters. The van der Waals surface area contributed by atoms with Crippen LogP contribution in [0, 0.1) is 5.92 Å². The zero-order valence-corrected chi connectivity index (χ0v) is 14.9. The summed E-state index contributed by atoms with van der Waals surface area (Å²) in [7, 11) is -3.53. The van der Waals surface area contributed by atoms with Crippen molar-refractivity contribution in [2.24, 2.45) is 5.92 Å². The lowest BCUT2D eigenvalue weighted by Crippen LogP contribution is -2.39. The van der Waals surface area contributed by atoms with E-state index in [9.17, 15) is 8.42 Å². The second kappa shape index (κ2) is 6.91. The van der Waals surface area contributed by atoms with Crippen molar-refractivity contribution in [3.05, 3.63) is 59.8 Å². The smallest absolute Gasteiger partial charge is 0.253 e. The number of aromatic nitrogens is 2. The second-order valence-electron chi connectivity index (χ2n) is 6.42. The zero-order chi connectivity index (χ0) is 17.2. The van der Waals surface area contributed by atoms with Crippen molar-refractivity contribution in [3.63, 3.8) is 0 Å². The van der Waals surface area contributed by atoms with E-state index < -0.39 is 10.0 Å². The highest BCUT2D eigenvalue weighted by Gasteiger charge is 2.30. The zero-order valence-electron chi connectivity index (χ0n) is 14.1. The van der Waals surface area contributed by atoms with E-state index in [-0.39, 0.29) is 10.9 Å². The molecule has 0 saturated carbocycles. The van der Waals surface area contributed by atoms with Crippen LogP contribution in [-0.4, -0.2) is 35.6 Å². The van der Waals surface area contributed by atoms with Crippen LogP contribution in [0.15, 0.2) is 59.3 Å².